The molecule has 1 aromatic carbocycles. The number of phenols is 1. The molecule has 0 radical (unpaired) electrons. The minimum Gasteiger partial charge on any atom is -0.508 e. The number of ketones is 1. The van der Waals surface area contributed by atoms with Gasteiger partial charge in [-0.15, -0.1) is 0 Å². The Morgan fingerprint density at radius 2 is 2.07 bits per heavy atom. The maximum atomic E-state index is 11.2. The van der Waals surface area contributed by atoms with E-state index in [1.165, 1.54) is 5.56 Å². The number of rotatable bonds is 1. The number of phenolic OH excluding ortho intramolecular Hbond substituents is 1. The Hall–Kier alpha value is -1.31. The molecule has 0 fully saturated rings. The highest BCUT2D eigenvalue weighted by Crippen LogP contribution is 2.27. The first-order chi connectivity index (χ1) is 6.70. The van der Waals surface area contributed by atoms with Gasteiger partial charge in [0.05, 0.1) is 0 Å². The highest BCUT2D eigenvalue weighted by Gasteiger charge is 2.17. The summed E-state index contributed by atoms with van der Waals surface area (Å²) in [6, 6.07) is 3.79. The van der Waals surface area contributed by atoms with Crippen molar-refractivity contribution in [3.05, 3.63) is 28.8 Å². The molecule has 0 spiro atoms. The summed E-state index contributed by atoms with van der Waals surface area (Å²) in [6.07, 6.45) is 2.82. The maximum Gasteiger partial charge on any atom is 0.137 e. The predicted octanol–water partition coefficient (Wildman–Crippen LogP) is 2.01. The van der Waals surface area contributed by atoms with Crippen molar-refractivity contribution < 1.29 is 9.90 Å². The minimum atomic E-state index is 0.279. The summed E-state index contributed by atoms with van der Waals surface area (Å²) in [5.41, 5.74) is 3.23. The average molecular weight is 190 g/mol. The third kappa shape index (κ3) is 1.52. The summed E-state index contributed by atoms with van der Waals surface area (Å²) in [4.78, 5) is 11.2. The molecule has 0 aliphatic heterocycles. The van der Waals surface area contributed by atoms with Gasteiger partial charge in [-0.05, 0) is 35.6 Å². The number of aromatic hydroxyl groups is 1. The first-order valence-electron chi connectivity index (χ1n) is 5.06. The Kier molecular flexibility index (Phi) is 2.28. The zero-order valence-electron chi connectivity index (χ0n) is 8.34. The second-order valence-corrected chi connectivity index (χ2v) is 3.82. The quantitative estimate of drug-likeness (QED) is 0.735. The van der Waals surface area contributed by atoms with E-state index in [-0.39, 0.29) is 5.78 Å². The molecule has 2 rings (SSSR count). The van der Waals surface area contributed by atoms with E-state index in [1.807, 2.05) is 13.0 Å². The van der Waals surface area contributed by atoms with E-state index < -0.39 is 0 Å². The molecule has 2 heteroatoms. The SMILES string of the molecule is CCc1cc2c(cc1O)CC(=O)CC2. The van der Waals surface area contributed by atoms with E-state index in [2.05, 4.69) is 0 Å². The van der Waals surface area contributed by atoms with Crippen LogP contribution in [0.25, 0.3) is 0 Å². The summed E-state index contributed by atoms with van der Waals surface area (Å²) < 4.78 is 0. The van der Waals surface area contributed by atoms with Gasteiger partial charge in [0, 0.05) is 12.8 Å². The zero-order valence-corrected chi connectivity index (χ0v) is 8.34. The Bertz CT molecular complexity index is 380. The molecule has 0 amide bonds. The highest BCUT2D eigenvalue weighted by molar-refractivity contribution is 5.83. The second kappa shape index (κ2) is 3.45. The maximum absolute atomic E-state index is 11.2. The smallest absolute Gasteiger partial charge is 0.137 e. The molecule has 0 heterocycles. The molecule has 0 saturated carbocycles. The number of carbonyl (C=O) groups excluding carboxylic acids is 1. The third-order valence-corrected chi connectivity index (χ3v) is 2.84. The van der Waals surface area contributed by atoms with Gasteiger partial charge in [0.2, 0.25) is 0 Å². The van der Waals surface area contributed by atoms with Crippen molar-refractivity contribution in [2.24, 2.45) is 0 Å². The number of aryl methyl sites for hydroxylation is 2. The van der Waals surface area contributed by atoms with E-state index >= 15 is 0 Å². The fourth-order valence-corrected chi connectivity index (χ4v) is 1.98. The van der Waals surface area contributed by atoms with Crippen molar-refractivity contribution in [1.82, 2.24) is 0 Å². The zero-order chi connectivity index (χ0) is 10.1. The number of carbonyl (C=O) groups is 1. The van der Waals surface area contributed by atoms with E-state index in [1.54, 1.807) is 6.07 Å². The number of fused-ring (bicyclic) bond motifs is 1. The number of hydrogen-bond donors (Lipinski definition) is 1. The molecule has 0 bridgehead atoms. The minimum absolute atomic E-state index is 0.279. The van der Waals surface area contributed by atoms with Crippen LogP contribution in [-0.4, -0.2) is 10.9 Å². The van der Waals surface area contributed by atoms with Crippen LogP contribution in [0.5, 0.6) is 5.75 Å². The molecule has 2 nitrogen and oxygen atoms in total. The van der Waals surface area contributed by atoms with Crippen molar-refractivity contribution in [3.8, 4) is 5.75 Å². The Balaban J connectivity index is 2.45. The standard InChI is InChI=1S/C12H14O2/c1-2-8-5-9-3-4-11(13)6-10(9)7-12(8)14/h5,7,14H,2-4,6H2,1H3. The summed E-state index contributed by atoms with van der Waals surface area (Å²) >= 11 is 0. The van der Waals surface area contributed by atoms with Gasteiger partial charge in [0.1, 0.15) is 11.5 Å². The lowest BCUT2D eigenvalue weighted by Gasteiger charge is -2.16. The lowest BCUT2D eigenvalue weighted by molar-refractivity contribution is -0.118. The van der Waals surface area contributed by atoms with Crippen LogP contribution in [0.15, 0.2) is 12.1 Å². The molecular weight excluding hydrogens is 176 g/mol. The van der Waals surface area contributed by atoms with E-state index in [0.717, 1.165) is 24.0 Å². The van der Waals surface area contributed by atoms with Crippen molar-refractivity contribution in [1.29, 1.82) is 0 Å². The van der Waals surface area contributed by atoms with Crippen LogP contribution in [0.1, 0.15) is 30.0 Å². The predicted molar refractivity (Wildman–Crippen MR) is 54.5 cm³/mol. The van der Waals surface area contributed by atoms with Crippen molar-refractivity contribution in [3.63, 3.8) is 0 Å². The molecule has 74 valence electrons. The Morgan fingerprint density at radius 1 is 1.29 bits per heavy atom. The van der Waals surface area contributed by atoms with Gasteiger partial charge in [0.25, 0.3) is 0 Å². The average Bonchev–Trinajstić information content (AvgIpc) is 2.16. The van der Waals surface area contributed by atoms with Crippen molar-refractivity contribution in [2.45, 2.75) is 32.6 Å². The van der Waals surface area contributed by atoms with Gasteiger partial charge >= 0.3 is 0 Å². The van der Waals surface area contributed by atoms with Crippen LogP contribution in [0, 0.1) is 0 Å². The molecule has 0 saturated heterocycles. The molecule has 1 aliphatic rings. The van der Waals surface area contributed by atoms with E-state index in [0.29, 0.717) is 18.6 Å². The summed E-state index contributed by atoms with van der Waals surface area (Å²) in [7, 11) is 0. The third-order valence-electron chi connectivity index (χ3n) is 2.84. The summed E-state index contributed by atoms with van der Waals surface area (Å²) in [5, 5.41) is 9.64. The lowest BCUT2D eigenvalue weighted by Crippen LogP contribution is -2.13. The molecule has 14 heavy (non-hydrogen) atoms. The number of hydrogen-bond acceptors (Lipinski definition) is 2. The van der Waals surface area contributed by atoms with Crippen LogP contribution in [-0.2, 0) is 24.1 Å². The lowest BCUT2D eigenvalue weighted by atomic mass is 9.89. The second-order valence-electron chi connectivity index (χ2n) is 3.82. The largest absolute Gasteiger partial charge is 0.508 e. The van der Waals surface area contributed by atoms with Crippen molar-refractivity contribution in [2.75, 3.05) is 0 Å². The monoisotopic (exact) mass is 190 g/mol. The summed E-state index contributed by atoms with van der Waals surface area (Å²) in [6.45, 7) is 2.02. The van der Waals surface area contributed by atoms with E-state index in [9.17, 15) is 9.90 Å². The van der Waals surface area contributed by atoms with Gasteiger partial charge in [-0.25, -0.2) is 0 Å². The highest BCUT2D eigenvalue weighted by atomic mass is 16.3. The van der Waals surface area contributed by atoms with Gasteiger partial charge in [-0.3, -0.25) is 4.79 Å². The Labute approximate surface area is 83.6 Å². The van der Waals surface area contributed by atoms with Crippen LogP contribution in [0.2, 0.25) is 0 Å². The number of benzene rings is 1. The fraction of sp³-hybridized carbons (Fsp3) is 0.417. The van der Waals surface area contributed by atoms with Gasteiger partial charge in [-0.1, -0.05) is 13.0 Å². The van der Waals surface area contributed by atoms with Gasteiger partial charge < -0.3 is 5.11 Å². The first kappa shape index (κ1) is 9.25. The van der Waals surface area contributed by atoms with Crippen LogP contribution in [0.3, 0.4) is 0 Å². The molecule has 1 aliphatic carbocycles. The molecular formula is C12H14O2. The van der Waals surface area contributed by atoms with Crippen LogP contribution in [0.4, 0.5) is 0 Å². The molecule has 0 unspecified atom stereocenters. The number of Topliss-reactive ketones (excluding diaryl/α,β-unsaturated/α-hetero) is 1. The molecule has 0 atom stereocenters. The fourth-order valence-electron chi connectivity index (χ4n) is 1.98. The molecule has 1 N–H and O–H groups in total. The first-order valence-corrected chi connectivity index (χ1v) is 5.06. The van der Waals surface area contributed by atoms with Gasteiger partial charge in [0.15, 0.2) is 0 Å². The summed E-state index contributed by atoms with van der Waals surface area (Å²) in [5.74, 6) is 0.613. The van der Waals surface area contributed by atoms with Crippen LogP contribution < -0.4 is 0 Å². The van der Waals surface area contributed by atoms with E-state index in [4.69, 9.17) is 0 Å². The van der Waals surface area contributed by atoms with Gasteiger partial charge in [-0.2, -0.15) is 0 Å². The van der Waals surface area contributed by atoms with Crippen LogP contribution >= 0.6 is 0 Å². The van der Waals surface area contributed by atoms with Crippen molar-refractivity contribution >= 4 is 5.78 Å². The molecule has 0 aromatic heterocycles. The topological polar surface area (TPSA) is 37.3 Å². The molecule has 1 aromatic rings. The normalized spacial score (nSPS) is 15.4. The Morgan fingerprint density at radius 3 is 2.79 bits per heavy atom.